The van der Waals surface area contributed by atoms with Crippen LogP contribution in [0.3, 0.4) is 0 Å². The van der Waals surface area contributed by atoms with E-state index in [2.05, 4.69) is 27.4 Å². The lowest BCUT2D eigenvalue weighted by Crippen LogP contribution is -2.37. The van der Waals surface area contributed by atoms with Crippen LogP contribution in [0.1, 0.15) is 38.8 Å². The first-order valence-electron chi connectivity index (χ1n) is 8.37. The number of sulfonamides is 1. The van der Waals surface area contributed by atoms with E-state index in [1.807, 2.05) is 12.1 Å². The van der Waals surface area contributed by atoms with Crippen LogP contribution in [0.2, 0.25) is 0 Å². The lowest BCUT2D eigenvalue weighted by atomic mass is 9.87. The average molecular weight is 372 g/mol. The van der Waals surface area contributed by atoms with Crippen LogP contribution in [-0.4, -0.2) is 14.3 Å². The first kappa shape index (κ1) is 19.9. The zero-order valence-corrected chi connectivity index (χ0v) is 16.7. The van der Waals surface area contributed by atoms with Crippen molar-refractivity contribution in [2.24, 2.45) is 0 Å². The van der Waals surface area contributed by atoms with Crippen LogP contribution in [0.4, 0.5) is 5.69 Å². The van der Waals surface area contributed by atoms with Gasteiger partial charge in [-0.3, -0.25) is 4.79 Å². The summed E-state index contributed by atoms with van der Waals surface area (Å²) >= 11 is 0. The zero-order valence-electron chi connectivity index (χ0n) is 15.9. The molecule has 0 heterocycles. The Morgan fingerprint density at radius 1 is 1.00 bits per heavy atom. The largest absolute Gasteiger partial charge is 0.271 e. The molecule has 1 amide bonds. The highest BCUT2D eigenvalue weighted by molar-refractivity contribution is 7.93. The van der Waals surface area contributed by atoms with Crippen LogP contribution in [0, 0.1) is 6.92 Å². The summed E-state index contributed by atoms with van der Waals surface area (Å²) in [7, 11) is -4.05. The Bertz CT molecular complexity index is 936. The van der Waals surface area contributed by atoms with Gasteiger partial charge in [0.1, 0.15) is 0 Å². The van der Waals surface area contributed by atoms with Gasteiger partial charge in [0.15, 0.2) is 0 Å². The van der Waals surface area contributed by atoms with Crippen molar-refractivity contribution in [1.29, 1.82) is 0 Å². The minimum absolute atomic E-state index is 0.0728. The van der Waals surface area contributed by atoms with Crippen LogP contribution in [0.25, 0.3) is 0 Å². The molecule has 0 radical (unpaired) electrons. The molecule has 2 aromatic carbocycles. The van der Waals surface area contributed by atoms with Crippen molar-refractivity contribution in [3.8, 4) is 0 Å². The molecule has 2 aromatic rings. The second-order valence-corrected chi connectivity index (χ2v) is 9.17. The molecule has 0 bridgehead atoms. The zero-order chi connectivity index (χ0) is 19.7. The molecule has 0 aliphatic rings. The maximum Gasteiger partial charge on any atom is 0.271 e. The van der Waals surface area contributed by atoms with Gasteiger partial charge < -0.3 is 0 Å². The second-order valence-electron chi connectivity index (χ2n) is 7.42. The number of benzene rings is 2. The summed E-state index contributed by atoms with van der Waals surface area (Å²) < 4.78 is 27.3. The number of carbonyl (C=O) groups is 1. The topological polar surface area (TPSA) is 54.5 Å². The molecule has 2 rings (SSSR count). The highest BCUT2D eigenvalue weighted by atomic mass is 32.2. The summed E-state index contributed by atoms with van der Waals surface area (Å²) in [5.41, 5.74) is 2.02. The predicted molar refractivity (Wildman–Crippen MR) is 106 cm³/mol. The lowest BCUT2D eigenvalue weighted by molar-refractivity contribution is -0.113. The first-order valence-corrected chi connectivity index (χ1v) is 9.81. The molecule has 0 N–H and O–H groups in total. The predicted octanol–water partition coefficient (Wildman–Crippen LogP) is 4.59. The van der Waals surface area contributed by atoms with E-state index in [0.717, 1.165) is 9.87 Å². The van der Waals surface area contributed by atoms with E-state index in [1.165, 1.54) is 13.0 Å². The monoisotopic (exact) mass is 371 g/mol. The molecule has 0 atom stereocenters. The maximum atomic E-state index is 13.2. The van der Waals surface area contributed by atoms with E-state index in [4.69, 9.17) is 0 Å². The van der Waals surface area contributed by atoms with Gasteiger partial charge in [0.2, 0.25) is 0 Å². The minimum atomic E-state index is -4.05. The van der Waals surface area contributed by atoms with E-state index in [9.17, 15) is 13.2 Å². The van der Waals surface area contributed by atoms with Gasteiger partial charge in [-0.25, -0.2) is 8.42 Å². The van der Waals surface area contributed by atoms with Crippen molar-refractivity contribution in [2.75, 3.05) is 4.31 Å². The van der Waals surface area contributed by atoms with Crippen LogP contribution >= 0.6 is 0 Å². The number of hydrogen-bond acceptors (Lipinski definition) is 3. The summed E-state index contributed by atoms with van der Waals surface area (Å²) in [6.07, 6.45) is 0. The quantitative estimate of drug-likeness (QED) is 0.739. The fourth-order valence-electron chi connectivity index (χ4n) is 2.58. The second kappa shape index (κ2) is 7.08. The third-order valence-corrected chi connectivity index (χ3v) is 6.00. The van der Waals surface area contributed by atoms with Crippen LogP contribution < -0.4 is 4.31 Å². The fraction of sp³-hybridized carbons (Fsp3) is 0.286. The lowest BCUT2D eigenvalue weighted by Gasteiger charge is -2.25. The molecule has 0 spiro atoms. The molecule has 4 nitrogen and oxygen atoms in total. The molecule has 0 unspecified atom stereocenters. The van der Waals surface area contributed by atoms with E-state index >= 15 is 0 Å². The van der Waals surface area contributed by atoms with E-state index in [0.29, 0.717) is 11.3 Å². The maximum absolute atomic E-state index is 13.2. The van der Waals surface area contributed by atoms with Gasteiger partial charge in [0.25, 0.3) is 15.9 Å². The number of anilines is 1. The normalized spacial score (nSPS) is 11.9. The van der Waals surface area contributed by atoms with Gasteiger partial charge in [-0.05, 0) is 48.6 Å². The molecule has 0 fully saturated rings. The van der Waals surface area contributed by atoms with E-state index in [-0.39, 0.29) is 15.9 Å². The minimum Gasteiger partial charge on any atom is -0.268 e. The van der Waals surface area contributed by atoms with Gasteiger partial charge >= 0.3 is 0 Å². The summed E-state index contributed by atoms with van der Waals surface area (Å²) in [5, 5.41) is 0. The number of aryl methyl sites for hydroxylation is 1. The smallest absolute Gasteiger partial charge is 0.268 e. The standard InChI is InChI=1S/C21H25NO3S/c1-15(2)20(23)22(18-13-11-17(12-14-18)21(4,5)6)26(24,25)19-10-8-7-9-16(19)3/h7-14H,1H2,2-6H3. The average Bonchev–Trinajstić information content (AvgIpc) is 2.54. The molecule has 0 aromatic heterocycles. The molecule has 26 heavy (non-hydrogen) atoms. The third kappa shape index (κ3) is 3.88. The Morgan fingerprint density at radius 2 is 1.54 bits per heavy atom. The highest BCUT2D eigenvalue weighted by Crippen LogP contribution is 2.30. The Hall–Kier alpha value is -2.40. The van der Waals surface area contributed by atoms with Gasteiger partial charge in [0.05, 0.1) is 10.6 Å². The number of amides is 1. The Labute approximate surface area is 156 Å². The Balaban J connectivity index is 2.64. The molecule has 0 saturated carbocycles. The molecular weight excluding hydrogens is 346 g/mol. The van der Waals surface area contributed by atoms with Crippen molar-refractivity contribution >= 4 is 21.6 Å². The van der Waals surface area contributed by atoms with Crippen molar-refractivity contribution in [3.63, 3.8) is 0 Å². The number of rotatable bonds is 4. The SMILES string of the molecule is C=C(C)C(=O)N(c1ccc(C(C)(C)C)cc1)S(=O)(=O)c1ccccc1C. The van der Waals surface area contributed by atoms with Crippen molar-refractivity contribution in [2.45, 2.75) is 44.9 Å². The van der Waals surface area contributed by atoms with Gasteiger partial charge in [0, 0.05) is 5.57 Å². The molecule has 138 valence electrons. The van der Waals surface area contributed by atoms with Crippen molar-refractivity contribution in [3.05, 3.63) is 71.8 Å². The summed E-state index contributed by atoms with van der Waals surface area (Å²) in [4.78, 5) is 12.8. The first-order chi connectivity index (χ1) is 12.0. The summed E-state index contributed by atoms with van der Waals surface area (Å²) in [6, 6.07) is 13.6. The van der Waals surface area contributed by atoms with E-state index in [1.54, 1.807) is 37.3 Å². The number of hydrogen-bond donors (Lipinski definition) is 0. The summed E-state index contributed by atoms with van der Waals surface area (Å²) in [6.45, 7) is 13.1. The molecule has 0 saturated heterocycles. The summed E-state index contributed by atoms with van der Waals surface area (Å²) in [5.74, 6) is -0.642. The van der Waals surface area contributed by atoms with Crippen LogP contribution in [-0.2, 0) is 20.2 Å². The number of carbonyl (C=O) groups excluding carboxylic acids is 1. The fourth-order valence-corrected chi connectivity index (χ4v) is 4.28. The molecule has 0 aliphatic heterocycles. The van der Waals surface area contributed by atoms with Gasteiger partial charge in [-0.2, -0.15) is 4.31 Å². The van der Waals surface area contributed by atoms with Crippen LogP contribution in [0.15, 0.2) is 65.6 Å². The Kier molecular flexibility index (Phi) is 5.42. The van der Waals surface area contributed by atoms with Crippen molar-refractivity contribution < 1.29 is 13.2 Å². The van der Waals surface area contributed by atoms with Gasteiger partial charge in [-0.1, -0.05) is 57.7 Å². The third-order valence-electron chi connectivity index (χ3n) is 4.13. The molecule has 5 heteroatoms. The molecule has 0 aliphatic carbocycles. The number of nitrogens with zero attached hydrogens (tertiary/aromatic N) is 1. The van der Waals surface area contributed by atoms with Gasteiger partial charge in [-0.15, -0.1) is 0 Å². The molecular formula is C21H25NO3S. The van der Waals surface area contributed by atoms with Crippen LogP contribution in [0.5, 0.6) is 0 Å². The highest BCUT2D eigenvalue weighted by Gasteiger charge is 2.32. The Morgan fingerprint density at radius 3 is 2.00 bits per heavy atom. The van der Waals surface area contributed by atoms with E-state index < -0.39 is 15.9 Å². The van der Waals surface area contributed by atoms with Crippen molar-refractivity contribution in [1.82, 2.24) is 0 Å².